The number of nitrogens with zero attached hydrogens (tertiary/aromatic N) is 1. The van der Waals surface area contributed by atoms with Crippen LogP contribution in [0.1, 0.15) is 18.5 Å². The van der Waals surface area contributed by atoms with E-state index in [0.29, 0.717) is 13.2 Å². The molecule has 4 nitrogen and oxygen atoms in total. The zero-order valence-corrected chi connectivity index (χ0v) is 9.23. The summed E-state index contributed by atoms with van der Waals surface area (Å²) in [6.45, 7) is 1.25. The highest BCUT2D eigenvalue weighted by Crippen LogP contribution is 2.29. The van der Waals surface area contributed by atoms with Gasteiger partial charge in [-0.3, -0.25) is 4.98 Å². The standard InChI is InChI=1S/C12H17N3O/c13-6-1-3-10(14)9-5-8-16-11-4-2-7-15-12(9)11/h2,4-5,7,10H,1,3,6,8,13-14H2. The van der Waals surface area contributed by atoms with Gasteiger partial charge in [-0.05, 0) is 43.2 Å². The molecule has 0 saturated carbocycles. The maximum atomic E-state index is 6.13. The lowest BCUT2D eigenvalue weighted by atomic mass is 9.97. The van der Waals surface area contributed by atoms with Crippen molar-refractivity contribution in [3.63, 3.8) is 0 Å². The Morgan fingerprint density at radius 1 is 1.50 bits per heavy atom. The number of fused-ring (bicyclic) bond motifs is 1. The molecule has 1 aliphatic heterocycles. The summed E-state index contributed by atoms with van der Waals surface area (Å²) in [6.07, 6.45) is 5.59. The molecule has 1 aromatic rings. The monoisotopic (exact) mass is 219 g/mol. The lowest BCUT2D eigenvalue weighted by molar-refractivity contribution is 0.353. The van der Waals surface area contributed by atoms with Crippen LogP contribution >= 0.6 is 0 Å². The summed E-state index contributed by atoms with van der Waals surface area (Å²) in [5, 5.41) is 0. The van der Waals surface area contributed by atoms with Crippen molar-refractivity contribution in [3.8, 4) is 5.75 Å². The van der Waals surface area contributed by atoms with Crippen molar-refractivity contribution >= 4 is 5.57 Å². The highest BCUT2D eigenvalue weighted by molar-refractivity contribution is 5.72. The molecule has 0 aromatic carbocycles. The lowest BCUT2D eigenvalue weighted by Crippen LogP contribution is -2.25. The Morgan fingerprint density at radius 2 is 2.38 bits per heavy atom. The molecule has 1 aliphatic rings. The molecule has 0 fully saturated rings. The van der Waals surface area contributed by atoms with Gasteiger partial charge in [0.25, 0.3) is 0 Å². The fourth-order valence-electron chi connectivity index (χ4n) is 1.86. The van der Waals surface area contributed by atoms with Gasteiger partial charge in [0.2, 0.25) is 0 Å². The minimum Gasteiger partial charge on any atom is -0.487 e. The Balaban J connectivity index is 2.19. The topological polar surface area (TPSA) is 74.2 Å². The average Bonchev–Trinajstić information content (AvgIpc) is 2.35. The van der Waals surface area contributed by atoms with Gasteiger partial charge in [0.15, 0.2) is 0 Å². The summed E-state index contributed by atoms with van der Waals surface area (Å²) < 4.78 is 5.49. The maximum absolute atomic E-state index is 6.13. The van der Waals surface area contributed by atoms with Crippen LogP contribution in [0.4, 0.5) is 0 Å². The number of pyridine rings is 1. The van der Waals surface area contributed by atoms with Crippen LogP contribution < -0.4 is 16.2 Å². The molecule has 16 heavy (non-hydrogen) atoms. The first-order valence-corrected chi connectivity index (χ1v) is 5.57. The minimum atomic E-state index is 0.00102. The van der Waals surface area contributed by atoms with E-state index < -0.39 is 0 Å². The van der Waals surface area contributed by atoms with Crippen LogP contribution in [0.15, 0.2) is 24.4 Å². The number of rotatable bonds is 4. The minimum absolute atomic E-state index is 0.00102. The highest BCUT2D eigenvalue weighted by Gasteiger charge is 2.19. The molecule has 0 aliphatic carbocycles. The van der Waals surface area contributed by atoms with E-state index in [4.69, 9.17) is 16.2 Å². The van der Waals surface area contributed by atoms with Gasteiger partial charge in [0, 0.05) is 12.2 Å². The molecule has 86 valence electrons. The van der Waals surface area contributed by atoms with Crippen molar-refractivity contribution in [3.05, 3.63) is 30.1 Å². The van der Waals surface area contributed by atoms with Crippen molar-refractivity contribution in [2.75, 3.05) is 13.2 Å². The molecule has 4 N–H and O–H groups in total. The Hall–Kier alpha value is -1.39. The van der Waals surface area contributed by atoms with Gasteiger partial charge in [0.05, 0.1) is 0 Å². The zero-order chi connectivity index (χ0) is 11.4. The fourth-order valence-corrected chi connectivity index (χ4v) is 1.86. The first kappa shape index (κ1) is 11.1. The third-order valence-electron chi connectivity index (χ3n) is 2.70. The fraction of sp³-hybridized carbons (Fsp3) is 0.417. The quantitative estimate of drug-likeness (QED) is 0.789. The first-order chi connectivity index (χ1) is 7.83. The molecule has 2 heterocycles. The lowest BCUT2D eigenvalue weighted by Gasteiger charge is -2.21. The van der Waals surface area contributed by atoms with E-state index in [0.717, 1.165) is 29.9 Å². The highest BCUT2D eigenvalue weighted by atomic mass is 16.5. The molecule has 4 heteroatoms. The molecule has 1 aromatic heterocycles. The zero-order valence-electron chi connectivity index (χ0n) is 9.23. The van der Waals surface area contributed by atoms with E-state index in [2.05, 4.69) is 4.98 Å². The first-order valence-electron chi connectivity index (χ1n) is 5.57. The Kier molecular flexibility index (Phi) is 3.54. The second-order valence-electron chi connectivity index (χ2n) is 3.86. The van der Waals surface area contributed by atoms with Gasteiger partial charge in [-0.15, -0.1) is 0 Å². The Bertz CT molecular complexity index is 390. The molecule has 0 radical (unpaired) electrons. The van der Waals surface area contributed by atoms with Gasteiger partial charge in [-0.1, -0.05) is 0 Å². The van der Waals surface area contributed by atoms with Crippen LogP contribution in [0, 0.1) is 0 Å². The second-order valence-corrected chi connectivity index (χ2v) is 3.86. The Labute approximate surface area is 95.3 Å². The molecular weight excluding hydrogens is 202 g/mol. The molecule has 2 rings (SSSR count). The van der Waals surface area contributed by atoms with E-state index in [1.165, 1.54) is 0 Å². The number of hydrogen-bond acceptors (Lipinski definition) is 4. The summed E-state index contributed by atoms with van der Waals surface area (Å²) in [7, 11) is 0. The van der Waals surface area contributed by atoms with Crippen molar-refractivity contribution < 1.29 is 4.74 Å². The van der Waals surface area contributed by atoms with Crippen LogP contribution in [-0.4, -0.2) is 24.2 Å². The van der Waals surface area contributed by atoms with Gasteiger partial charge in [-0.2, -0.15) is 0 Å². The third kappa shape index (κ3) is 2.23. The van der Waals surface area contributed by atoms with Crippen molar-refractivity contribution in [2.45, 2.75) is 18.9 Å². The smallest absolute Gasteiger partial charge is 0.145 e. The molecule has 1 unspecified atom stereocenters. The second kappa shape index (κ2) is 5.09. The molecule has 0 bridgehead atoms. The molecule has 0 saturated heterocycles. The van der Waals surface area contributed by atoms with E-state index in [1.807, 2.05) is 18.2 Å². The summed E-state index contributed by atoms with van der Waals surface area (Å²) in [5.41, 5.74) is 13.6. The van der Waals surface area contributed by atoms with Crippen LogP contribution in [0.25, 0.3) is 5.57 Å². The van der Waals surface area contributed by atoms with E-state index in [9.17, 15) is 0 Å². The van der Waals surface area contributed by atoms with E-state index in [1.54, 1.807) is 6.20 Å². The van der Waals surface area contributed by atoms with Crippen LogP contribution in [-0.2, 0) is 0 Å². The van der Waals surface area contributed by atoms with Gasteiger partial charge >= 0.3 is 0 Å². The normalized spacial score (nSPS) is 16.0. The molecule has 1 atom stereocenters. The molecule has 0 amide bonds. The van der Waals surface area contributed by atoms with Crippen LogP contribution in [0.2, 0.25) is 0 Å². The predicted molar refractivity (Wildman–Crippen MR) is 64.0 cm³/mol. The summed E-state index contributed by atoms with van der Waals surface area (Å²) in [4.78, 5) is 4.33. The molecule has 0 spiro atoms. The van der Waals surface area contributed by atoms with Crippen molar-refractivity contribution in [1.29, 1.82) is 0 Å². The third-order valence-corrected chi connectivity index (χ3v) is 2.70. The molecular formula is C12H17N3O. The number of nitrogens with two attached hydrogens (primary N) is 2. The number of aromatic nitrogens is 1. The number of ether oxygens (including phenoxy) is 1. The average molecular weight is 219 g/mol. The van der Waals surface area contributed by atoms with Crippen molar-refractivity contribution in [1.82, 2.24) is 4.98 Å². The van der Waals surface area contributed by atoms with E-state index in [-0.39, 0.29) is 6.04 Å². The van der Waals surface area contributed by atoms with Gasteiger partial charge in [-0.25, -0.2) is 0 Å². The van der Waals surface area contributed by atoms with Crippen molar-refractivity contribution in [2.24, 2.45) is 11.5 Å². The van der Waals surface area contributed by atoms with Crippen LogP contribution in [0.3, 0.4) is 0 Å². The predicted octanol–water partition coefficient (Wildman–Crippen LogP) is 0.924. The number of hydrogen-bond donors (Lipinski definition) is 2. The summed E-state index contributed by atoms with van der Waals surface area (Å²) >= 11 is 0. The van der Waals surface area contributed by atoms with Gasteiger partial charge in [0.1, 0.15) is 18.1 Å². The van der Waals surface area contributed by atoms with E-state index >= 15 is 0 Å². The van der Waals surface area contributed by atoms with Gasteiger partial charge < -0.3 is 16.2 Å². The maximum Gasteiger partial charge on any atom is 0.145 e. The summed E-state index contributed by atoms with van der Waals surface area (Å²) in [6, 6.07) is 3.79. The summed E-state index contributed by atoms with van der Waals surface area (Å²) in [5.74, 6) is 0.822. The SMILES string of the molecule is NCCCC(N)C1=CCOc2cccnc21. The Morgan fingerprint density at radius 3 is 3.19 bits per heavy atom. The largest absolute Gasteiger partial charge is 0.487 e. The van der Waals surface area contributed by atoms with Crippen LogP contribution in [0.5, 0.6) is 5.75 Å².